The van der Waals surface area contributed by atoms with Crippen molar-refractivity contribution in [2.45, 2.75) is 58.0 Å². The number of ether oxygens (including phenoxy) is 1. The first kappa shape index (κ1) is 13.0. The molecule has 1 rings (SSSR count). The fourth-order valence-electron chi connectivity index (χ4n) is 1.74. The molecule has 0 N–H and O–H groups in total. The Morgan fingerprint density at radius 2 is 1.81 bits per heavy atom. The van der Waals surface area contributed by atoms with E-state index in [4.69, 9.17) is 4.74 Å². The van der Waals surface area contributed by atoms with Crippen LogP contribution < -0.4 is 0 Å². The fraction of sp³-hybridized carbons (Fsp3) is 0.643. The molecule has 1 heterocycles. The van der Waals surface area contributed by atoms with Gasteiger partial charge in [-0.3, -0.25) is 4.79 Å². The van der Waals surface area contributed by atoms with Crippen LogP contribution in [0.25, 0.3) is 0 Å². The predicted molar refractivity (Wildman–Crippen MR) is 66.2 cm³/mol. The first-order valence-corrected chi connectivity index (χ1v) is 6.28. The van der Waals surface area contributed by atoms with Crippen molar-refractivity contribution in [3.8, 4) is 0 Å². The third kappa shape index (κ3) is 6.44. The van der Waals surface area contributed by atoms with E-state index in [-0.39, 0.29) is 12.1 Å². The summed E-state index contributed by atoms with van der Waals surface area (Å²) in [7, 11) is 0. The maximum atomic E-state index is 11.4. The highest BCUT2D eigenvalue weighted by Gasteiger charge is 2.08. The predicted octanol–water partition coefficient (Wildman–Crippen LogP) is 3.77. The lowest BCUT2D eigenvalue weighted by Gasteiger charge is -2.12. The van der Waals surface area contributed by atoms with E-state index < -0.39 is 0 Å². The van der Waals surface area contributed by atoms with Gasteiger partial charge in [0.1, 0.15) is 0 Å². The summed E-state index contributed by atoms with van der Waals surface area (Å²) in [4.78, 5) is 11.4. The Balaban J connectivity index is 2.38. The Morgan fingerprint density at radius 3 is 2.56 bits per heavy atom. The van der Waals surface area contributed by atoms with E-state index in [0.717, 1.165) is 38.5 Å². The van der Waals surface area contributed by atoms with Crippen LogP contribution in [0.15, 0.2) is 24.3 Å². The summed E-state index contributed by atoms with van der Waals surface area (Å²) in [6.45, 7) is 1.98. The van der Waals surface area contributed by atoms with Gasteiger partial charge in [0.2, 0.25) is 0 Å². The largest absolute Gasteiger partial charge is 0.463 e. The molecule has 90 valence electrons. The number of esters is 1. The number of allylic oxidation sites excluding steroid dienone is 4. The lowest BCUT2D eigenvalue weighted by molar-refractivity contribution is -0.148. The van der Waals surface area contributed by atoms with Crippen molar-refractivity contribution in [2.24, 2.45) is 0 Å². The van der Waals surface area contributed by atoms with Gasteiger partial charge in [0, 0.05) is 6.42 Å². The zero-order valence-corrected chi connectivity index (χ0v) is 10.2. The summed E-state index contributed by atoms with van der Waals surface area (Å²) in [5, 5.41) is 0. The van der Waals surface area contributed by atoms with Crippen LogP contribution in [-0.2, 0) is 9.53 Å². The average Bonchev–Trinajstić information content (AvgIpc) is 2.25. The van der Waals surface area contributed by atoms with E-state index in [1.165, 1.54) is 0 Å². The number of rotatable bonds is 0. The Labute approximate surface area is 98.4 Å². The number of carbonyl (C=O) groups excluding carboxylic acids is 1. The maximum Gasteiger partial charge on any atom is 0.306 e. The first-order valence-electron chi connectivity index (χ1n) is 6.28. The Kier molecular flexibility index (Phi) is 6.62. The standard InChI is InChI=1S/C14H22O2/c1-13-11-9-7-5-3-2-4-6-8-10-12-14(15)16-13/h3-6,13H,2,7-12H2,1H3. The summed E-state index contributed by atoms with van der Waals surface area (Å²) in [5.41, 5.74) is 0. The topological polar surface area (TPSA) is 26.3 Å². The van der Waals surface area contributed by atoms with Crippen molar-refractivity contribution in [1.82, 2.24) is 0 Å². The quantitative estimate of drug-likeness (QED) is 0.460. The van der Waals surface area contributed by atoms with Gasteiger partial charge in [0.15, 0.2) is 0 Å². The highest BCUT2D eigenvalue weighted by molar-refractivity contribution is 5.69. The van der Waals surface area contributed by atoms with Crippen LogP contribution in [0.3, 0.4) is 0 Å². The van der Waals surface area contributed by atoms with Gasteiger partial charge < -0.3 is 4.74 Å². The van der Waals surface area contributed by atoms with Crippen LogP contribution in [0.1, 0.15) is 51.9 Å². The minimum Gasteiger partial charge on any atom is -0.463 e. The van der Waals surface area contributed by atoms with Crippen molar-refractivity contribution in [3.05, 3.63) is 24.3 Å². The monoisotopic (exact) mass is 222 g/mol. The molecule has 1 aliphatic heterocycles. The molecule has 0 bridgehead atoms. The van der Waals surface area contributed by atoms with Gasteiger partial charge in [-0.15, -0.1) is 0 Å². The van der Waals surface area contributed by atoms with Crippen LogP contribution in [0.5, 0.6) is 0 Å². The van der Waals surface area contributed by atoms with Gasteiger partial charge in [-0.2, -0.15) is 0 Å². The number of hydrogen-bond acceptors (Lipinski definition) is 2. The van der Waals surface area contributed by atoms with Gasteiger partial charge in [-0.05, 0) is 45.4 Å². The second-order valence-electron chi connectivity index (χ2n) is 4.30. The van der Waals surface area contributed by atoms with E-state index in [2.05, 4.69) is 24.3 Å². The highest BCUT2D eigenvalue weighted by Crippen LogP contribution is 2.09. The second-order valence-corrected chi connectivity index (χ2v) is 4.30. The molecule has 0 fully saturated rings. The zero-order valence-electron chi connectivity index (χ0n) is 10.2. The molecule has 0 saturated heterocycles. The van der Waals surface area contributed by atoms with Gasteiger partial charge in [0.25, 0.3) is 0 Å². The average molecular weight is 222 g/mol. The van der Waals surface area contributed by atoms with E-state index in [1.54, 1.807) is 0 Å². The minimum absolute atomic E-state index is 0.0477. The Hall–Kier alpha value is -1.05. The molecule has 0 amide bonds. The molecule has 2 heteroatoms. The molecule has 1 unspecified atom stereocenters. The summed E-state index contributed by atoms with van der Waals surface area (Å²) in [6, 6.07) is 0. The Bertz CT molecular complexity index is 253. The summed E-state index contributed by atoms with van der Waals surface area (Å²) in [5.74, 6) is -0.0477. The van der Waals surface area contributed by atoms with Gasteiger partial charge in [-0.25, -0.2) is 0 Å². The fourth-order valence-corrected chi connectivity index (χ4v) is 1.74. The summed E-state index contributed by atoms with van der Waals surface area (Å²) < 4.78 is 5.31. The van der Waals surface area contributed by atoms with Crippen LogP contribution in [-0.4, -0.2) is 12.1 Å². The first-order chi connectivity index (χ1) is 7.79. The summed E-state index contributed by atoms with van der Waals surface area (Å²) >= 11 is 0. The molecule has 0 aliphatic carbocycles. The molecule has 0 aromatic carbocycles. The van der Waals surface area contributed by atoms with Crippen LogP contribution in [0.2, 0.25) is 0 Å². The van der Waals surface area contributed by atoms with Crippen LogP contribution >= 0.6 is 0 Å². The molecule has 0 saturated carbocycles. The number of hydrogen-bond donors (Lipinski definition) is 0. The smallest absolute Gasteiger partial charge is 0.306 e. The van der Waals surface area contributed by atoms with E-state index in [1.807, 2.05) is 6.92 Å². The maximum absolute atomic E-state index is 11.4. The van der Waals surface area contributed by atoms with Gasteiger partial charge in [0.05, 0.1) is 6.10 Å². The van der Waals surface area contributed by atoms with Gasteiger partial charge >= 0.3 is 5.97 Å². The lowest BCUT2D eigenvalue weighted by atomic mass is 10.1. The Morgan fingerprint density at radius 1 is 1.12 bits per heavy atom. The van der Waals surface area contributed by atoms with Crippen molar-refractivity contribution >= 4 is 5.97 Å². The molecule has 16 heavy (non-hydrogen) atoms. The molecule has 0 spiro atoms. The molecular weight excluding hydrogens is 200 g/mol. The summed E-state index contributed by atoms with van der Waals surface area (Å²) in [6.07, 6.45) is 15.4. The molecular formula is C14H22O2. The van der Waals surface area contributed by atoms with Crippen LogP contribution in [0.4, 0.5) is 0 Å². The van der Waals surface area contributed by atoms with Crippen molar-refractivity contribution in [3.63, 3.8) is 0 Å². The SMILES string of the molecule is CC1CCCC=CCC=CCCCC(=O)O1. The van der Waals surface area contributed by atoms with E-state index in [0.29, 0.717) is 6.42 Å². The van der Waals surface area contributed by atoms with E-state index in [9.17, 15) is 4.79 Å². The lowest BCUT2D eigenvalue weighted by Crippen LogP contribution is -2.14. The van der Waals surface area contributed by atoms with Crippen molar-refractivity contribution in [2.75, 3.05) is 0 Å². The van der Waals surface area contributed by atoms with Crippen molar-refractivity contribution < 1.29 is 9.53 Å². The molecule has 0 radical (unpaired) electrons. The van der Waals surface area contributed by atoms with Gasteiger partial charge in [-0.1, -0.05) is 24.3 Å². The molecule has 2 nitrogen and oxygen atoms in total. The minimum atomic E-state index is -0.0477. The molecule has 0 aromatic rings. The molecule has 0 aromatic heterocycles. The molecule has 1 atom stereocenters. The second kappa shape index (κ2) is 8.14. The molecule has 1 aliphatic rings. The zero-order chi connectivity index (χ0) is 11.6. The van der Waals surface area contributed by atoms with Crippen molar-refractivity contribution in [1.29, 1.82) is 0 Å². The third-order valence-electron chi connectivity index (χ3n) is 2.67. The van der Waals surface area contributed by atoms with Crippen LogP contribution in [0, 0.1) is 0 Å². The van der Waals surface area contributed by atoms with E-state index >= 15 is 0 Å². The third-order valence-corrected chi connectivity index (χ3v) is 2.67. The highest BCUT2D eigenvalue weighted by atomic mass is 16.5. The number of cyclic esters (lactones) is 1. The number of carbonyl (C=O) groups is 1. The normalized spacial score (nSPS) is 24.8.